The van der Waals surface area contributed by atoms with Gasteiger partial charge in [-0.1, -0.05) is 23.2 Å². The van der Waals surface area contributed by atoms with Crippen molar-refractivity contribution in [3.05, 3.63) is 20.3 Å². The molecule has 2 rings (SSSR count). The van der Waals surface area contributed by atoms with Gasteiger partial charge in [-0.3, -0.25) is 4.90 Å². The quantitative estimate of drug-likeness (QED) is 0.884. The van der Waals surface area contributed by atoms with Crippen LogP contribution in [0.2, 0.25) is 8.67 Å². The van der Waals surface area contributed by atoms with Gasteiger partial charge in [-0.2, -0.15) is 0 Å². The molecule has 6 heteroatoms. The van der Waals surface area contributed by atoms with Gasteiger partial charge in [-0.05, 0) is 32.4 Å². The molecule has 1 aliphatic rings. The largest absolute Gasteiger partial charge is 0.379 e. The molecule has 0 saturated carbocycles. The standard InChI is InChI=1S/C14H22Cl2N2OS/c1-10(11-8-12(15)20-13(11)16)17-9-14(2,3)18-4-6-19-7-5-18/h8,10,17H,4-7,9H2,1-3H3. The number of thiophene rings is 1. The Morgan fingerprint density at radius 3 is 2.60 bits per heavy atom. The molecule has 2 heterocycles. The first kappa shape index (κ1) is 16.5. The third kappa shape index (κ3) is 4.09. The smallest absolute Gasteiger partial charge is 0.0991 e. The van der Waals surface area contributed by atoms with E-state index in [2.05, 4.69) is 31.0 Å². The molecular formula is C14H22Cl2N2OS. The second kappa shape index (κ2) is 6.95. The third-order valence-electron chi connectivity index (χ3n) is 3.86. The lowest BCUT2D eigenvalue weighted by Gasteiger charge is -2.41. The fourth-order valence-corrected chi connectivity index (χ4v) is 4.09. The van der Waals surface area contributed by atoms with Crippen molar-refractivity contribution < 1.29 is 4.74 Å². The summed E-state index contributed by atoms with van der Waals surface area (Å²) in [7, 11) is 0. The number of rotatable bonds is 5. The van der Waals surface area contributed by atoms with Gasteiger partial charge in [0.2, 0.25) is 0 Å². The van der Waals surface area contributed by atoms with E-state index in [-0.39, 0.29) is 11.6 Å². The summed E-state index contributed by atoms with van der Waals surface area (Å²) in [6, 6.07) is 2.15. The molecule has 0 amide bonds. The summed E-state index contributed by atoms with van der Waals surface area (Å²) in [6.45, 7) is 11.2. The van der Waals surface area contributed by atoms with Gasteiger partial charge in [0.05, 0.1) is 21.9 Å². The van der Waals surface area contributed by atoms with Gasteiger partial charge in [0, 0.05) is 31.2 Å². The summed E-state index contributed by atoms with van der Waals surface area (Å²) < 4.78 is 6.93. The normalized spacial score (nSPS) is 19.2. The SMILES string of the molecule is CC(NCC(C)(C)N1CCOCC1)c1cc(Cl)sc1Cl. The van der Waals surface area contributed by atoms with Crippen molar-refractivity contribution in [1.29, 1.82) is 0 Å². The van der Waals surface area contributed by atoms with Crippen LogP contribution in [0, 0.1) is 0 Å². The van der Waals surface area contributed by atoms with Crippen LogP contribution in [0.4, 0.5) is 0 Å². The van der Waals surface area contributed by atoms with Crippen LogP contribution in [0.5, 0.6) is 0 Å². The molecule has 1 N–H and O–H groups in total. The summed E-state index contributed by atoms with van der Waals surface area (Å²) in [6.07, 6.45) is 0. The van der Waals surface area contributed by atoms with Gasteiger partial charge < -0.3 is 10.1 Å². The Labute approximate surface area is 135 Å². The van der Waals surface area contributed by atoms with Crippen LogP contribution in [-0.4, -0.2) is 43.3 Å². The molecule has 1 atom stereocenters. The zero-order valence-corrected chi connectivity index (χ0v) is 14.5. The van der Waals surface area contributed by atoms with E-state index in [9.17, 15) is 0 Å². The minimum absolute atomic E-state index is 0.102. The number of morpholine rings is 1. The Morgan fingerprint density at radius 1 is 1.40 bits per heavy atom. The first-order valence-electron chi connectivity index (χ1n) is 6.91. The van der Waals surface area contributed by atoms with Gasteiger partial charge in [-0.15, -0.1) is 11.3 Å². The van der Waals surface area contributed by atoms with E-state index in [4.69, 9.17) is 27.9 Å². The number of ether oxygens (including phenoxy) is 1. The molecule has 1 unspecified atom stereocenters. The molecule has 0 aromatic carbocycles. The Balaban J connectivity index is 1.91. The van der Waals surface area contributed by atoms with Gasteiger partial charge in [0.1, 0.15) is 0 Å². The van der Waals surface area contributed by atoms with Crippen LogP contribution in [0.3, 0.4) is 0 Å². The maximum absolute atomic E-state index is 6.21. The van der Waals surface area contributed by atoms with Gasteiger partial charge in [0.15, 0.2) is 0 Å². The maximum atomic E-state index is 6.21. The Bertz CT molecular complexity index is 444. The van der Waals surface area contributed by atoms with Crippen molar-refractivity contribution in [2.45, 2.75) is 32.4 Å². The maximum Gasteiger partial charge on any atom is 0.0991 e. The van der Waals surface area contributed by atoms with E-state index in [1.54, 1.807) is 0 Å². The van der Waals surface area contributed by atoms with Crippen molar-refractivity contribution in [1.82, 2.24) is 10.2 Å². The van der Waals surface area contributed by atoms with E-state index in [1.807, 2.05) is 6.07 Å². The Kier molecular flexibility index (Phi) is 5.74. The van der Waals surface area contributed by atoms with Gasteiger partial charge >= 0.3 is 0 Å². The molecule has 1 aromatic heterocycles. The van der Waals surface area contributed by atoms with Crippen molar-refractivity contribution >= 4 is 34.5 Å². The lowest BCUT2D eigenvalue weighted by molar-refractivity contribution is -0.0102. The molecule has 3 nitrogen and oxygen atoms in total. The second-order valence-corrected chi connectivity index (χ2v) is 8.08. The third-order valence-corrected chi connectivity index (χ3v) is 5.38. The highest BCUT2D eigenvalue weighted by molar-refractivity contribution is 7.20. The highest BCUT2D eigenvalue weighted by atomic mass is 35.5. The van der Waals surface area contributed by atoms with Crippen LogP contribution >= 0.6 is 34.5 Å². The predicted octanol–water partition coefficient (Wildman–Crippen LogP) is 3.82. The summed E-state index contributed by atoms with van der Waals surface area (Å²) in [5.74, 6) is 0. The monoisotopic (exact) mass is 336 g/mol. The van der Waals surface area contributed by atoms with Crippen molar-refractivity contribution in [3.63, 3.8) is 0 Å². The molecule has 1 aromatic rings. The minimum Gasteiger partial charge on any atom is -0.379 e. The van der Waals surface area contributed by atoms with Crippen molar-refractivity contribution in [2.75, 3.05) is 32.8 Å². The van der Waals surface area contributed by atoms with Crippen LogP contribution in [-0.2, 0) is 4.74 Å². The number of nitrogens with one attached hydrogen (secondary N) is 1. The van der Waals surface area contributed by atoms with Crippen LogP contribution in [0.25, 0.3) is 0 Å². The highest BCUT2D eigenvalue weighted by Gasteiger charge is 2.28. The van der Waals surface area contributed by atoms with Crippen LogP contribution in [0.1, 0.15) is 32.4 Å². The number of hydrogen-bond acceptors (Lipinski definition) is 4. The molecule has 114 valence electrons. The average Bonchev–Trinajstić information content (AvgIpc) is 2.76. The summed E-state index contributed by atoms with van der Waals surface area (Å²) >= 11 is 13.6. The van der Waals surface area contributed by atoms with Crippen LogP contribution < -0.4 is 5.32 Å². The predicted molar refractivity (Wildman–Crippen MR) is 87.2 cm³/mol. The molecule has 1 aliphatic heterocycles. The van der Waals surface area contributed by atoms with E-state index in [0.717, 1.165) is 47.1 Å². The Morgan fingerprint density at radius 2 is 2.05 bits per heavy atom. The Hall–Kier alpha value is 0.160. The summed E-state index contributed by atoms with van der Waals surface area (Å²) in [4.78, 5) is 2.47. The molecule has 0 spiro atoms. The summed E-state index contributed by atoms with van der Waals surface area (Å²) in [5, 5.41) is 3.57. The highest BCUT2D eigenvalue weighted by Crippen LogP contribution is 2.35. The van der Waals surface area contributed by atoms with E-state index >= 15 is 0 Å². The molecule has 1 fully saturated rings. The van der Waals surface area contributed by atoms with Gasteiger partial charge in [-0.25, -0.2) is 0 Å². The summed E-state index contributed by atoms with van der Waals surface area (Å²) in [5.41, 5.74) is 1.18. The first-order chi connectivity index (χ1) is 9.40. The van der Waals surface area contributed by atoms with E-state index < -0.39 is 0 Å². The molecule has 20 heavy (non-hydrogen) atoms. The molecular weight excluding hydrogens is 315 g/mol. The fraction of sp³-hybridized carbons (Fsp3) is 0.714. The molecule has 0 bridgehead atoms. The second-order valence-electron chi connectivity index (χ2n) is 5.79. The van der Waals surface area contributed by atoms with Crippen molar-refractivity contribution in [3.8, 4) is 0 Å². The van der Waals surface area contributed by atoms with E-state index in [0.29, 0.717) is 0 Å². The lowest BCUT2D eigenvalue weighted by atomic mass is 10.0. The number of halogens is 2. The average molecular weight is 337 g/mol. The lowest BCUT2D eigenvalue weighted by Crippen LogP contribution is -2.54. The topological polar surface area (TPSA) is 24.5 Å². The molecule has 1 saturated heterocycles. The zero-order valence-electron chi connectivity index (χ0n) is 12.2. The minimum atomic E-state index is 0.102. The van der Waals surface area contributed by atoms with Crippen LogP contribution in [0.15, 0.2) is 6.07 Å². The first-order valence-corrected chi connectivity index (χ1v) is 8.48. The number of hydrogen-bond donors (Lipinski definition) is 1. The van der Waals surface area contributed by atoms with E-state index in [1.165, 1.54) is 11.3 Å². The van der Waals surface area contributed by atoms with Gasteiger partial charge in [0.25, 0.3) is 0 Å². The molecule has 0 aliphatic carbocycles. The zero-order chi connectivity index (χ0) is 14.8. The van der Waals surface area contributed by atoms with Crippen molar-refractivity contribution in [2.24, 2.45) is 0 Å². The molecule has 0 radical (unpaired) electrons. The number of nitrogens with zero attached hydrogens (tertiary/aromatic N) is 1. The fourth-order valence-electron chi connectivity index (χ4n) is 2.44.